The molecular weight excluding hydrogens is 250 g/mol. The molecule has 0 spiro atoms. The smallest absolute Gasteiger partial charge is 0.317 e. The van der Waals surface area contributed by atoms with E-state index >= 15 is 0 Å². The van der Waals surface area contributed by atoms with E-state index in [1.807, 2.05) is 12.1 Å². The van der Waals surface area contributed by atoms with Crippen molar-refractivity contribution < 1.29 is 24.5 Å². The van der Waals surface area contributed by atoms with Crippen LogP contribution in [0.4, 0.5) is 0 Å². The molecule has 6 heteroatoms. The van der Waals surface area contributed by atoms with Gasteiger partial charge in [0.2, 0.25) is 0 Å². The fraction of sp³-hybridized carbons (Fsp3) is 0.385. The van der Waals surface area contributed by atoms with Crippen LogP contribution in [0.3, 0.4) is 0 Å². The third kappa shape index (κ3) is 5.87. The first-order valence-electron chi connectivity index (χ1n) is 5.80. The quantitative estimate of drug-likeness (QED) is 0.732. The van der Waals surface area contributed by atoms with Gasteiger partial charge in [-0.25, -0.2) is 0 Å². The van der Waals surface area contributed by atoms with Gasteiger partial charge in [0.05, 0.1) is 20.1 Å². The van der Waals surface area contributed by atoms with E-state index in [4.69, 9.17) is 14.9 Å². The maximum absolute atomic E-state index is 10.7. The number of methoxy groups -OCH3 is 1. The van der Waals surface area contributed by atoms with E-state index in [1.54, 1.807) is 24.1 Å². The predicted molar refractivity (Wildman–Crippen MR) is 68.2 cm³/mol. The molecule has 6 nitrogen and oxygen atoms in total. The maximum Gasteiger partial charge on any atom is 0.317 e. The van der Waals surface area contributed by atoms with Crippen LogP contribution < -0.4 is 4.74 Å². The highest BCUT2D eigenvalue weighted by molar-refractivity contribution is 5.69. The Balaban J connectivity index is 2.63. The molecule has 0 atom stereocenters. The summed E-state index contributed by atoms with van der Waals surface area (Å²) in [4.78, 5) is 22.9. The van der Waals surface area contributed by atoms with E-state index in [2.05, 4.69) is 0 Å². The monoisotopic (exact) mass is 267 g/mol. The van der Waals surface area contributed by atoms with Crippen molar-refractivity contribution in [1.29, 1.82) is 0 Å². The second kappa shape index (κ2) is 7.38. The van der Waals surface area contributed by atoms with Gasteiger partial charge in [-0.3, -0.25) is 14.5 Å². The molecule has 0 heterocycles. The van der Waals surface area contributed by atoms with Crippen LogP contribution >= 0.6 is 0 Å². The second-order valence-corrected chi connectivity index (χ2v) is 4.10. The summed E-state index contributed by atoms with van der Waals surface area (Å²) < 4.78 is 5.03. The highest BCUT2D eigenvalue weighted by Crippen LogP contribution is 2.13. The van der Waals surface area contributed by atoms with Crippen molar-refractivity contribution in [2.45, 2.75) is 13.0 Å². The molecule has 1 aromatic rings. The van der Waals surface area contributed by atoms with Crippen LogP contribution in [-0.4, -0.2) is 47.3 Å². The van der Waals surface area contributed by atoms with Crippen LogP contribution in [0, 0.1) is 0 Å². The van der Waals surface area contributed by atoms with Crippen molar-refractivity contribution in [1.82, 2.24) is 4.90 Å². The molecule has 0 aliphatic heterocycles. The van der Waals surface area contributed by atoms with E-state index in [9.17, 15) is 9.59 Å². The topological polar surface area (TPSA) is 87.1 Å². The van der Waals surface area contributed by atoms with Crippen molar-refractivity contribution in [2.24, 2.45) is 0 Å². The Morgan fingerprint density at radius 2 is 1.79 bits per heavy atom. The summed E-state index contributed by atoms with van der Waals surface area (Å²) in [5, 5.41) is 17.4. The SMILES string of the molecule is COc1ccc(CN(CCC(=O)O)CC(=O)O)cc1. The number of benzene rings is 1. The standard InChI is InChI=1S/C13H17NO5/c1-19-11-4-2-10(3-5-11)8-14(9-13(17)18)7-6-12(15)16/h2-5H,6-9H2,1H3,(H,15,16)(H,17,18). The van der Waals surface area contributed by atoms with Crippen LogP contribution in [0.15, 0.2) is 24.3 Å². The zero-order valence-corrected chi connectivity index (χ0v) is 10.7. The van der Waals surface area contributed by atoms with Gasteiger partial charge >= 0.3 is 11.9 Å². The number of aliphatic carboxylic acids is 2. The number of carboxylic acids is 2. The van der Waals surface area contributed by atoms with Crippen LogP contribution in [0.25, 0.3) is 0 Å². The first kappa shape index (κ1) is 15.0. The van der Waals surface area contributed by atoms with Crippen LogP contribution in [0.2, 0.25) is 0 Å². The largest absolute Gasteiger partial charge is 0.497 e. The normalized spacial score (nSPS) is 10.4. The van der Waals surface area contributed by atoms with Crippen molar-refractivity contribution >= 4 is 11.9 Å². The number of hydrogen-bond acceptors (Lipinski definition) is 4. The van der Waals surface area contributed by atoms with E-state index < -0.39 is 11.9 Å². The molecule has 0 bridgehead atoms. The number of carboxylic acid groups (broad SMARTS) is 2. The van der Waals surface area contributed by atoms with E-state index in [0.717, 1.165) is 11.3 Å². The minimum Gasteiger partial charge on any atom is -0.497 e. The van der Waals surface area contributed by atoms with Crippen LogP contribution in [0.5, 0.6) is 5.75 Å². The molecule has 1 rings (SSSR count). The lowest BCUT2D eigenvalue weighted by atomic mass is 10.2. The first-order chi connectivity index (χ1) is 9.01. The van der Waals surface area contributed by atoms with E-state index in [1.165, 1.54) is 0 Å². The molecule has 0 fully saturated rings. The molecule has 0 aromatic heterocycles. The minimum atomic E-state index is -0.973. The molecule has 2 N–H and O–H groups in total. The number of ether oxygens (including phenoxy) is 1. The molecule has 19 heavy (non-hydrogen) atoms. The van der Waals surface area contributed by atoms with Gasteiger partial charge in [-0.1, -0.05) is 12.1 Å². The second-order valence-electron chi connectivity index (χ2n) is 4.10. The molecule has 104 valence electrons. The molecule has 0 aliphatic rings. The number of carbonyl (C=O) groups is 2. The fourth-order valence-electron chi connectivity index (χ4n) is 1.65. The summed E-state index contributed by atoms with van der Waals surface area (Å²) in [5.74, 6) is -1.19. The van der Waals surface area contributed by atoms with Gasteiger partial charge in [0.15, 0.2) is 0 Å². The summed E-state index contributed by atoms with van der Waals surface area (Å²) in [6.45, 7) is 0.413. The summed E-state index contributed by atoms with van der Waals surface area (Å²) in [6.07, 6.45) is -0.0799. The van der Waals surface area contributed by atoms with Crippen molar-refractivity contribution in [3.8, 4) is 5.75 Å². The lowest BCUT2D eigenvalue weighted by molar-refractivity contribution is -0.141. The molecule has 0 amide bonds. The highest BCUT2D eigenvalue weighted by Gasteiger charge is 2.12. The van der Waals surface area contributed by atoms with Gasteiger partial charge in [0, 0.05) is 13.1 Å². The van der Waals surface area contributed by atoms with Crippen molar-refractivity contribution in [3.63, 3.8) is 0 Å². The molecule has 0 saturated heterocycles. The summed E-state index contributed by atoms with van der Waals surface area (Å²) in [7, 11) is 1.57. The lowest BCUT2D eigenvalue weighted by Crippen LogP contribution is -2.31. The molecule has 1 aromatic carbocycles. The van der Waals surface area contributed by atoms with Crippen molar-refractivity contribution in [2.75, 3.05) is 20.2 Å². The van der Waals surface area contributed by atoms with Gasteiger partial charge in [-0.2, -0.15) is 0 Å². The number of rotatable bonds is 8. The molecular formula is C13H17NO5. The zero-order chi connectivity index (χ0) is 14.3. The lowest BCUT2D eigenvalue weighted by Gasteiger charge is -2.19. The van der Waals surface area contributed by atoms with E-state index in [0.29, 0.717) is 6.54 Å². The molecule has 0 aliphatic carbocycles. The molecule has 0 unspecified atom stereocenters. The Morgan fingerprint density at radius 3 is 2.26 bits per heavy atom. The Morgan fingerprint density at radius 1 is 1.16 bits per heavy atom. The minimum absolute atomic E-state index is 0.0799. The third-order valence-electron chi connectivity index (χ3n) is 2.57. The zero-order valence-electron chi connectivity index (χ0n) is 10.7. The Kier molecular flexibility index (Phi) is 5.81. The van der Waals surface area contributed by atoms with Crippen LogP contribution in [0.1, 0.15) is 12.0 Å². The summed E-state index contributed by atoms with van der Waals surface area (Å²) in [6, 6.07) is 7.22. The van der Waals surface area contributed by atoms with Gasteiger partial charge in [0.25, 0.3) is 0 Å². The number of hydrogen-bond donors (Lipinski definition) is 2. The number of nitrogens with zero attached hydrogens (tertiary/aromatic N) is 1. The average molecular weight is 267 g/mol. The fourth-order valence-corrected chi connectivity index (χ4v) is 1.65. The average Bonchev–Trinajstić information content (AvgIpc) is 2.36. The first-order valence-corrected chi connectivity index (χ1v) is 5.80. The predicted octanol–water partition coefficient (Wildman–Crippen LogP) is 1.06. The van der Waals surface area contributed by atoms with E-state index in [-0.39, 0.29) is 19.5 Å². The Hall–Kier alpha value is -2.08. The van der Waals surface area contributed by atoms with Gasteiger partial charge < -0.3 is 14.9 Å². The summed E-state index contributed by atoms with van der Waals surface area (Å²) in [5.41, 5.74) is 0.910. The summed E-state index contributed by atoms with van der Waals surface area (Å²) >= 11 is 0. The van der Waals surface area contributed by atoms with Crippen LogP contribution in [-0.2, 0) is 16.1 Å². The van der Waals surface area contributed by atoms with Gasteiger partial charge in [-0.05, 0) is 17.7 Å². The Bertz CT molecular complexity index is 429. The molecule has 0 saturated carbocycles. The van der Waals surface area contributed by atoms with Gasteiger partial charge in [0.1, 0.15) is 5.75 Å². The molecule has 0 radical (unpaired) electrons. The maximum atomic E-state index is 10.7. The highest BCUT2D eigenvalue weighted by atomic mass is 16.5. The van der Waals surface area contributed by atoms with Gasteiger partial charge in [-0.15, -0.1) is 0 Å². The van der Waals surface area contributed by atoms with Crippen molar-refractivity contribution in [3.05, 3.63) is 29.8 Å². The Labute approximate surface area is 111 Å². The third-order valence-corrected chi connectivity index (χ3v) is 2.57.